The van der Waals surface area contributed by atoms with Gasteiger partial charge in [-0.25, -0.2) is 4.98 Å². The highest BCUT2D eigenvalue weighted by Gasteiger charge is 2.20. The van der Waals surface area contributed by atoms with E-state index in [4.69, 9.17) is 4.74 Å². The molecule has 1 aromatic rings. The molecule has 1 aliphatic carbocycles. The minimum Gasteiger partial charge on any atom is -0.380 e. The Morgan fingerprint density at radius 2 is 2.38 bits per heavy atom. The van der Waals surface area contributed by atoms with Gasteiger partial charge < -0.3 is 14.6 Å². The van der Waals surface area contributed by atoms with Crippen LogP contribution in [-0.4, -0.2) is 35.9 Å². The second-order valence-corrected chi connectivity index (χ2v) is 4.44. The molecule has 0 unspecified atom stereocenters. The molecule has 0 spiro atoms. The first-order chi connectivity index (χ1) is 7.86. The van der Waals surface area contributed by atoms with Gasteiger partial charge in [-0.15, -0.1) is 0 Å². The van der Waals surface area contributed by atoms with Crippen LogP contribution in [0.2, 0.25) is 0 Å². The average molecular weight is 223 g/mol. The molecule has 0 atom stereocenters. The highest BCUT2D eigenvalue weighted by Crippen LogP contribution is 2.28. The molecule has 1 aromatic heterocycles. The van der Waals surface area contributed by atoms with E-state index in [9.17, 15) is 0 Å². The Hall–Kier alpha value is -0.870. The predicted octanol–water partition coefficient (Wildman–Crippen LogP) is 1.21. The zero-order chi connectivity index (χ0) is 11.2. The third-order valence-corrected chi connectivity index (χ3v) is 2.93. The zero-order valence-electron chi connectivity index (χ0n) is 9.98. The molecule has 0 saturated heterocycles. The molecule has 0 aliphatic heterocycles. The molecule has 0 aromatic carbocycles. The normalized spacial score (nSPS) is 15.6. The Labute approximate surface area is 97.0 Å². The summed E-state index contributed by atoms with van der Waals surface area (Å²) < 4.78 is 7.69. The minimum atomic E-state index is 0.833. The van der Waals surface area contributed by atoms with E-state index >= 15 is 0 Å². The SMILES string of the molecule is Cc1nccn1CCNCCOCC1CC1. The lowest BCUT2D eigenvalue weighted by Gasteiger charge is -2.07. The summed E-state index contributed by atoms with van der Waals surface area (Å²) in [5.41, 5.74) is 0. The molecule has 0 bridgehead atoms. The molecule has 1 aliphatic rings. The van der Waals surface area contributed by atoms with Crippen molar-refractivity contribution >= 4 is 0 Å². The lowest BCUT2D eigenvalue weighted by atomic mass is 10.5. The van der Waals surface area contributed by atoms with E-state index in [0.29, 0.717) is 0 Å². The third-order valence-electron chi connectivity index (χ3n) is 2.93. The Kier molecular flexibility index (Phi) is 4.36. The molecule has 1 saturated carbocycles. The maximum Gasteiger partial charge on any atom is 0.105 e. The number of aromatic nitrogens is 2. The molecule has 4 heteroatoms. The number of nitrogens with one attached hydrogen (secondary N) is 1. The van der Waals surface area contributed by atoms with Gasteiger partial charge in [-0.2, -0.15) is 0 Å². The van der Waals surface area contributed by atoms with Crippen LogP contribution in [0.15, 0.2) is 12.4 Å². The second kappa shape index (κ2) is 6.01. The summed E-state index contributed by atoms with van der Waals surface area (Å²) in [6.07, 6.45) is 6.59. The number of ether oxygens (including phenoxy) is 1. The van der Waals surface area contributed by atoms with Gasteiger partial charge in [0.25, 0.3) is 0 Å². The Bertz CT molecular complexity index is 307. The first kappa shape index (κ1) is 11.6. The van der Waals surface area contributed by atoms with Gasteiger partial charge in [0.2, 0.25) is 0 Å². The van der Waals surface area contributed by atoms with Crippen LogP contribution in [0.25, 0.3) is 0 Å². The van der Waals surface area contributed by atoms with E-state index in [1.54, 1.807) is 0 Å². The van der Waals surface area contributed by atoms with Gasteiger partial charge in [-0.05, 0) is 25.7 Å². The van der Waals surface area contributed by atoms with E-state index < -0.39 is 0 Å². The van der Waals surface area contributed by atoms with Gasteiger partial charge in [-0.1, -0.05) is 0 Å². The maximum atomic E-state index is 5.54. The van der Waals surface area contributed by atoms with E-state index in [0.717, 1.165) is 44.6 Å². The number of nitrogens with zero attached hydrogens (tertiary/aromatic N) is 2. The first-order valence-corrected chi connectivity index (χ1v) is 6.12. The monoisotopic (exact) mass is 223 g/mol. The molecule has 90 valence electrons. The number of hydrogen-bond donors (Lipinski definition) is 1. The van der Waals surface area contributed by atoms with Crippen LogP contribution in [0.1, 0.15) is 18.7 Å². The molecule has 1 heterocycles. The number of rotatable bonds is 8. The summed E-state index contributed by atoms with van der Waals surface area (Å²) in [5.74, 6) is 1.94. The van der Waals surface area contributed by atoms with Gasteiger partial charge in [0, 0.05) is 38.6 Å². The fourth-order valence-electron chi connectivity index (χ4n) is 1.64. The van der Waals surface area contributed by atoms with Crippen LogP contribution in [-0.2, 0) is 11.3 Å². The van der Waals surface area contributed by atoms with E-state index in [1.807, 2.05) is 19.3 Å². The first-order valence-electron chi connectivity index (χ1n) is 6.12. The van der Waals surface area contributed by atoms with E-state index in [-0.39, 0.29) is 0 Å². The molecule has 0 radical (unpaired) electrons. The van der Waals surface area contributed by atoms with Crippen LogP contribution in [0, 0.1) is 12.8 Å². The fraction of sp³-hybridized carbons (Fsp3) is 0.750. The van der Waals surface area contributed by atoms with Gasteiger partial charge in [0.05, 0.1) is 6.61 Å². The predicted molar refractivity (Wildman–Crippen MR) is 63.4 cm³/mol. The van der Waals surface area contributed by atoms with Gasteiger partial charge in [0.15, 0.2) is 0 Å². The van der Waals surface area contributed by atoms with Crippen molar-refractivity contribution in [3.63, 3.8) is 0 Å². The van der Waals surface area contributed by atoms with Crippen molar-refractivity contribution < 1.29 is 4.74 Å². The van der Waals surface area contributed by atoms with Crippen molar-refractivity contribution in [1.29, 1.82) is 0 Å². The van der Waals surface area contributed by atoms with Crippen molar-refractivity contribution in [1.82, 2.24) is 14.9 Å². The summed E-state index contributed by atoms with van der Waals surface area (Å²) in [4.78, 5) is 4.18. The Morgan fingerprint density at radius 3 is 3.06 bits per heavy atom. The van der Waals surface area contributed by atoms with E-state index in [1.165, 1.54) is 12.8 Å². The topological polar surface area (TPSA) is 39.1 Å². The smallest absolute Gasteiger partial charge is 0.105 e. The number of hydrogen-bond acceptors (Lipinski definition) is 3. The number of aryl methyl sites for hydroxylation is 1. The van der Waals surface area contributed by atoms with E-state index in [2.05, 4.69) is 14.9 Å². The summed E-state index contributed by atoms with van der Waals surface area (Å²) in [6.45, 7) is 6.72. The summed E-state index contributed by atoms with van der Waals surface area (Å²) in [7, 11) is 0. The molecule has 2 rings (SSSR count). The van der Waals surface area contributed by atoms with Crippen LogP contribution in [0.5, 0.6) is 0 Å². The quantitative estimate of drug-likeness (QED) is 0.673. The largest absolute Gasteiger partial charge is 0.380 e. The second-order valence-electron chi connectivity index (χ2n) is 4.44. The van der Waals surface area contributed by atoms with Crippen molar-refractivity contribution in [2.75, 3.05) is 26.3 Å². The van der Waals surface area contributed by atoms with Crippen LogP contribution < -0.4 is 5.32 Å². The maximum absolute atomic E-state index is 5.54. The van der Waals surface area contributed by atoms with Crippen molar-refractivity contribution in [3.05, 3.63) is 18.2 Å². The summed E-state index contributed by atoms with van der Waals surface area (Å²) >= 11 is 0. The van der Waals surface area contributed by atoms with Gasteiger partial charge in [-0.3, -0.25) is 0 Å². The standard InChI is InChI=1S/C12H21N3O/c1-11-14-5-8-15(11)7-4-13-6-9-16-10-12-2-3-12/h5,8,12-13H,2-4,6-7,9-10H2,1H3. The van der Waals surface area contributed by atoms with Gasteiger partial charge in [0.1, 0.15) is 5.82 Å². The summed E-state index contributed by atoms with van der Waals surface area (Å²) in [5, 5.41) is 3.37. The molecule has 1 fully saturated rings. The van der Waals surface area contributed by atoms with Crippen LogP contribution in [0.4, 0.5) is 0 Å². The highest BCUT2D eigenvalue weighted by molar-refractivity contribution is 4.88. The third kappa shape index (κ3) is 3.94. The van der Waals surface area contributed by atoms with Crippen LogP contribution >= 0.6 is 0 Å². The molecule has 1 N–H and O–H groups in total. The van der Waals surface area contributed by atoms with Crippen molar-refractivity contribution in [3.8, 4) is 0 Å². The molecular weight excluding hydrogens is 202 g/mol. The molecular formula is C12H21N3O. The van der Waals surface area contributed by atoms with Crippen LogP contribution in [0.3, 0.4) is 0 Å². The number of imidazole rings is 1. The van der Waals surface area contributed by atoms with Gasteiger partial charge >= 0.3 is 0 Å². The summed E-state index contributed by atoms with van der Waals surface area (Å²) in [6, 6.07) is 0. The lowest BCUT2D eigenvalue weighted by molar-refractivity contribution is 0.126. The molecule has 0 amide bonds. The molecule has 16 heavy (non-hydrogen) atoms. The highest BCUT2D eigenvalue weighted by atomic mass is 16.5. The minimum absolute atomic E-state index is 0.833. The Balaban J connectivity index is 1.44. The Morgan fingerprint density at radius 1 is 1.50 bits per heavy atom. The fourth-order valence-corrected chi connectivity index (χ4v) is 1.64. The molecule has 4 nitrogen and oxygen atoms in total. The van der Waals surface area contributed by atoms with Crippen molar-refractivity contribution in [2.24, 2.45) is 5.92 Å². The van der Waals surface area contributed by atoms with Crippen molar-refractivity contribution in [2.45, 2.75) is 26.3 Å². The zero-order valence-corrected chi connectivity index (χ0v) is 9.98. The lowest BCUT2D eigenvalue weighted by Crippen LogP contribution is -2.24. The average Bonchev–Trinajstić information content (AvgIpc) is 3.01.